The van der Waals surface area contributed by atoms with Crippen LogP contribution in [-0.2, 0) is 0 Å². The first-order valence-corrected chi connectivity index (χ1v) is 4.58. The zero-order valence-electron chi connectivity index (χ0n) is 7.45. The van der Waals surface area contributed by atoms with Crippen LogP contribution in [0.25, 0.3) is 0 Å². The zero-order chi connectivity index (χ0) is 8.82. The molecular weight excluding hydrogens is 160 g/mol. The molecule has 0 aromatic heterocycles. The highest BCUT2D eigenvalue weighted by Crippen LogP contribution is 2.57. The van der Waals surface area contributed by atoms with E-state index in [2.05, 4.69) is 11.9 Å². The van der Waals surface area contributed by atoms with Gasteiger partial charge in [-0.2, -0.15) is 0 Å². The summed E-state index contributed by atoms with van der Waals surface area (Å²) in [6, 6.07) is 0. The van der Waals surface area contributed by atoms with Crippen molar-refractivity contribution in [3.63, 3.8) is 0 Å². The van der Waals surface area contributed by atoms with Crippen molar-refractivity contribution in [1.29, 1.82) is 0 Å². The van der Waals surface area contributed by atoms with Gasteiger partial charge in [0.2, 0.25) is 5.92 Å². The molecule has 1 aliphatic carbocycles. The Labute approximate surface area is 71.7 Å². The maximum atomic E-state index is 12.7. The average Bonchev–Trinajstić information content (AvgIpc) is 1.91. The van der Waals surface area contributed by atoms with Crippen LogP contribution in [-0.4, -0.2) is 31.0 Å². The van der Waals surface area contributed by atoms with Crippen LogP contribution in [0.1, 0.15) is 25.7 Å². The Morgan fingerprint density at radius 1 is 1.08 bits per heavy atom. The van der Waals surface area contributed by atoms with E-state index >= 15 is 0 Å². The third-order valence-electron chi connectivity index (χ3n) is 3.31. The van der Waals surface area contributed by atoms with E-state index in [1.54, 1.807) is 0 Å². The standard InChI is InChI=1S/C9H15F2N/c1-12-4-2-8(3-5-12)6-9(10,11)7-8/h2-7H2,1H3. The van der Waals surface area contributed by atoms with Crippen molar-refractivity contribution in [2.24, 2.45) is 5.41 Å². The first-order valence-electron chi connectivity index (χ1n) is 4.58. The minimum absolute atomic E-state index is 0.0238. The molecule has 0 bridgehead atoms. The lowest BCUT2D eigenvalue weighted by atomic mass is 9.61. The largest absolute Gasteiger partial charge is 0.306 e. The van der Waals surface area contributed by atoms with Crippen LogP contribution in [0.2, 0.25) is 0 Å². The fraction of sp³-hybridized carbons (Fsp3) is 1.00. The molecule has 70 valence electrons. The summed E-state index contributed by atoms with van der Waals surface area (Å²) in [7, 11) is 2.06. The lowest BCUT2D eigenvalue weighted by molar-refractivity contribution is -0.176. The summed E-state index contributed by atoms with van der Waals surface area (Å²) in [6.45, 7) is 1.99. The number of hydrogen-bond donors (Lipinski definition) is 0. The summed E-state index contributed by atoms with van der Waals surface area (Å²) >= 11 is 0. The van der Waals surface area contributed by atoms with Gasteiger partial charge in [0.25, 0.3) is 0 Å². The minimum Gasteiger partial charge on any atom is -0.306 e. The average molecular weight is 175 g/mol. The number of nitrogens with zero attached hydrogens (tertiary/aromatic N) is 1. The van der Waals surface area contributed by atoms with Crippen LogP contribution in [0.4, 0.5) is 8.78 Å². The number of likely N-dealkylation sites (tertiary alicyclic amines) is 1. The molecule has 0 radical (unpaired) electrons. The van der Waals surface area contributed by atoms with Crippen molar-refractivity contribution in [3.8, 4) is 0 Å². The SMILES string of the molecule is CN1CCC2(CC1)CC(F)(F)C2. The van der Waals surface area contributed by atoms with E-state index in [0.717, 1.165) is 25.9 Å². The molecule has 12 heavy (non-hydrogen) atoms. The highest BCUT2D eigenvalue weighted by Gasteiger charge is 2.56. The van der Waals surface area contributed by atoms with Gasteiger partial charge < -0.3 is 4.90 Å². The molecule has 0 atom stereocenters. The molecule has 1 aliphatic heterocycles. The van der Waals surface area contributed by atoms with Gasteiger partial charge in [-0.25, -0.2) is 8.78 Å². The molecule has 1 saturated heterocycles. The Hall–Kier alpha value is -0.180. The van der Waals surface area contributed by atoms with E-state index < -0.39 is 5.92 Å². The third kappa shape index (κ3) is 1.35. The fourth-order valence-electron chi connectivity index (χ4n) is 2.49. The summed E-state index contributed by atoms with van der Waals surface area (Å²) < 4.78 is 25.3. The Balaban J connectivity index is 1.91. The van der Waals surface area contributed by atoms with E-state index in [0.29, 0.717) is 0 Å². The lowest BCUT2D eigenvalue weighted by Gasteiger charge is -2.51. The molecule has 2 fully saturated rings. The normalized spacial score (nSPS) is 33.2. The van der Waals surface area contributed by atoms with E-state index in [-0.39, 0.29) is 18.3 Å². The topological polar surface area (TPSA) is 3.24 Å². The minimum atomic E-state index is -2.34. The number of halogens is 2. The maximum Gasteiger partial charge on any atom is 0.249 e. The molecule has 1 spiro atoms. The summed E-state index contributed by atoms with van der Waals surface area (Å²) in [5.41, 5.74) is 0.0238. The lowest BCUT2D eigenvalue weighted by Crippen LogP contribution is -2.51. The van der Waals surface area contributed by atoms with E-state index in [4.69, 9.17) is 0 Å². The van der Waals surface area contributed by atoms with Gasteiger partial charge in [-0.05, 0) is 38.4 Å². The van der Waals surface area contributed by atoms with Crippen LogP contribution < -0.4 is 0 Å². The monoisotopic (exact) mass is 175 g/mol. The van der Waals surface area contributed by atoms with Crippen molar-refractivity contribution in [1.82, 2.24) is 4.90 Å². The van der Waals surface area contributed by atoms with Crippen molar-refractivity contribution in [2.45, 2.75) is 31.6 Å². The molecule has 1 heterocycles. The van der Waals surface area contributed by atoms with Gasteiger partial charge >= 0.3 is 0 Å². The highest BCUT2D eigenvalue weighted by atomic mass is 19.3. The zero-order valence-corrected chi connectivity index (χ0v) is 7.45. The van der Waals surface area contributed by atoms with Gasteiger partial charge in [-0.3, -0.25) is 0 Å². The van der Waals surface area contributed by atoms with E-state index in [9.17, 15) is 8.78 Å². The van der Waals surface area contributed by atoms with E-state index in [1.807, 2.05) is 0 Å². The second kappa shape index (κ2) is 2.41. The molecule has 0 aromatic rings. The van der Waals surface area contributed by atoms with Crippen molar-refractivity contribution >= 4 is 0 Å². The Kier molecular flexibility index (Phi) is 1.69. The predicted molar refractivity (Wildman–Crippen MR) is 43.3 cm³/mol. The Morgan fingerprint density at radius 2 is 1.58 bits per heavy atom. The van der Waals surface area contributed by atoms with Crippen molar-refractivity contribution in [3.05, 3.63) is 0 Å². The van der Waals surface area contributed by atoms with Crippen LogP contribution in [0.3, 0.4) is 0 Å². The van der Waals surface area contributed by atoms with Crippen molar-refractivity contribution in [2.75, 3.05) is 20.1 Å². The molecule has 0 N–H and O–H groups in total. The van der Waals surface area contributed by atoms with Crippen molar-refractivity contribution < 1.29 is 8.78 Å². The second-order valence-electron chi connectivity index (χ2n) is 4.51. The summed E-state index contributed by atoms with van der Waals surface area (Å²) in [6.07, 6.45) is 2.24. The molecule has 0 amide bonds. The van der Waals surface area contributed by atoms with Crippen LogP contribution in [0.15, 0.2) is 0 Å². The van der Waals surface area contributed by atoms with Gasteiger partial charge in [0, 0.05) is 12.8 Å². The molecule has 2 aliphatic rings. The first kappa shape index (κ1) is 8.42. The highest BCUT2D eigenvalue weighted by molar-refractivity contribution is 5.00. The van der Waals surface area contributed by atoms with Crippen LogP contribution >= 0.6 is 0 Å². The van der Waals surface area contributed by atoms with E-state index in [1.165, 1.54) is 0 Å². The second-order valence-corrected chi connectivity index (χ2v) is 4.51. The Morgan fingerprint density at radius 3 is 2.00 bits per heavy atom. The fourth-order valence-corrected chi connectivity index (χ4v) is 2.49. The molecule has 0 unspecified atom stereocenters. The number of hydrogen-bond acceptors (Lipinski definition) is 1. The first-order chi connectivity index (χ1) is 5.52. The van der Waals surface area contributed by atoms with Gasteiger partial charge in [-0.1, -0.05) is 0 Å². The van der Waals surface area contributed by atoms with Crippen LogP contribution in [0, 0.1) is 5.41 Å². The smallest absolute Gasteiger partial charge is 0.249 e. The predicted octanol–water partition coefficient (Wildman–Crippen LogP) is 2.13. The molecule has 0 aromatic carbocycles. The number of rotatable bonds is 0. The quantitative estimate of drug-likeness (QED) is 0.545. The molecule has 3 heteroatoms. The van der Waals surface area contributed by atoms with Crippen LogP contribution in [0.5, 0.6) is 0 Å². The summed E-state index contributed by atoms with van der Waals surface area (Å²) in [4.78, 5) is 2.22. The number of piperidine rings is 1. The number of alkyl halides is 2. The molecular formula is C9H15F2N. The maximum absolute atomic E-state index is 12.7. The van der Waals surface area contributed by atoms with Gasteiger partial charge in [-0.15, -0.1) is 0 Å². The molecule has 1 nitrogen and oxygen atoms in total. The molecule has 2 rings (SSSR count). The van der Waals surface area contributed by atoms with Gasteiger partial charge in [0.15, 0.2) is 0 Å². The molecule has 1 saturated carbocycles. The Bertz CT molecular complexity index is 173. The third-order valence-corrected chi connectivity index (χ3v) is 3.31. The van der Waals surface area contributed by atoms with Gasteiger partial charge in [0.1, 0.15) is 0 Å². The summed E-state index contributed by atoms with van der Waals surface area (Å²) in [5.74, 6) is -2.34. The summed E-state index contributed by atoms with van der Waals surface area (Å²) in [5, 5.41) is 0. The van der Waals surface area contributed by atoms with Gasteiger partial charge in [0.05, 0.1) is 0 Å².